The van der Waals surface area contributed by atoms with Crippen molar-refractivity contribution in [2.75, 3.05) is 0 Å². The fourth-order valence-corrected chi connectivity index (χ4v) is 4.42. The summed E-state index contributed by atoms with van der Waals surface area (Å²) in [6.07, 6.45) is 4.04. The first-order valence-electron chi connectivity index (χ1n) is 7.39. The van der Waals surface area contributed by atoms with Crippen LogP contribution in [0.1, 0.15) is 41.2 Å². The van der Waals surface area contributed by atoms with E-state index >= 15 is 0 Å². The lowest BCUT2D eigenvalue weighted by Gasteiger charge is -2.35. The number of nitrogens with zero attached hydrogens (tertiary/aromatic N) is 2. The molecule has 1 saturated carbocycles. The molecular weight excluding hydrogens is 292 g/mol. The highest BCUT2D eigenvalue weighted by Gasteiger charge is 2.47. The van der Waals surface area contributed by atoms with Gasteiger partial charge in [-0.1, -0.05) is 18.2 Å². The number of Topliss-reactive ketones (excluding diaryl/α,β-unsaturated/α-hetero) is 1. The topological polar surface area (TPSA) is 53.2 Å². The molecular formula is C18H14N2OS. The van der Waals surface area contributed by atoms with Gasteiger partial charge in [-0.2, -0.15) is 5.26 Å². The Labute approximate surface area is 132 Å². The van der Waals surface area contributed by atoms with Crippen LogP contribution in [0.4, 0.5) is 5.69 Å². The minimum Gasteiger partial charge on any atom is -0.298 e. The Hall–Kier alpha value is -2.25. The van der Waals surface area contributed by atoms with E-state index in [0.29, 0.717) is 12.3 Å². The molecule has 0 radical (unpaired) electrons. The third-order valence-corrected chi connectivity index (χ3v) is 5.65. The van der Waals surface area contributed by atoms with E-state index in [4.69, 9.17) is 5.26 Å². The number of rotatable bonds is 1. The number of hydrogen-bond acceptors (Lipinski definition) is 4. The quantitative estimate of drug-likeness (QED) is 0.796. The van der Waals surface area contributed by atoms with Crippen molar-refractivity contribution in [1.82, 2.24) is 0 Å². The maximum atomic E-state index is 12.7. The van der Waals surface area contributed by atoms with Gasteiger partial charge in [-0.25, -0.2) is 0 Å². The van der Waals surface area contributed by atoms with Crippen LogP contribution in [0, 0.1) is 11.3 Å². The average molecular weight is 306 g/mol. The molecule has 4 rings (SSSR count). The number of thiophene rings is 1. The van der Waals surface area contributed by atoms with Gasteiger partial charge in [0, 0.05) is 12.6 Å². The van der Waals surface area contributed by atoms with Crippen molar-refractivity contribution in [3.8, 4) is 6.07 Å². The lowest BCUT2D eigenvalue weighted by molar-refractivity contribution is -0.124. The molecule has 4 heteroatoms. The highest BCUT2D eigenvalue weighted by atomic mass is 32.1. The Morgan fingerprint density at radius 1 is 1.36 bits per heavy atom. The van der Waals surface area contributed by atoms with E-state index in [2.05, 4.69) is 16.4 Å². The normalized spacial score (nSPS) is 26.1. The van der Waals surface area contributed by atoms with Gasteiger partial charge in [0.15, 0.2) is 0 Å². The van der Waals surface area contributed by atoms with Crippen molar-refractivity contribution < 1.29 is 4.79 Å². The van der Waals surface area contributed by atoms with Gasteiger partial charge in [-0.3, -0.25) is 9.79 Å². The van der Waals surface area contributed by atoms with E-state index in [0.717, 1.165) is 29.0 Å². The summed E-state index contributed by atoms with van der Waals surface area (Å²) in [5.41, 5.74) is 2.58. The molecule has 0 N–H and O–H groups in total. The molecule has 2 atom stereocenters. The molecule has 2 aromatic rings. The Balaban J connectivity index is 1.73. The van der Waals surface area contributed by atoms with Crippen LogP contribution in [-0.2, 0) is 10.2 Å². The molecule has 2 aliphatic rings. The minimum absolute atomic E-state index is 0.271. The summed E-state index contributed by atoms with van der Waals surface area (Å²) in [6, 6.07) is 12.1. The van der Waals surface area contributed by atoms with Crippen molar-refractivity contribution in [3.63, 3.8) is 0 Å². The van der Waals surface area contributed by atoms with Gasteiger partial charge in [0.05, 0.1) is 11.1 Å². The maximum absolute atomic E-state index is 12.7. The fraction of sp³-hybridized carbons (Fsp3) is 0.278. The van der Waals surface area contributed by atoms with Crippen LogP contribution in [0.15, 0.2) is 40.7 Å². The van der Waals surface area contributed by atoms with Crippen LogP contribution in [0.5, 0.6) is 0 Å². The van der Waals surface area contributed by atoms with E-state index in [-0.39, 0.29) is 5.78 Å². The van der Waals surface area contributed by atoms with E-state index in [1.54, 1.807) is 0 Å². The number of aliphatic imine (C=N–C) groups is 1. The van der Waals surface area contributed by atoms with Crippen LogP contribution >= 0.6 is 11.3 Å². The van der Waals surface area contributed by atoms with Gasteiger partial charge in [0.1, 0.15) is 16.7 Å². The van der Waals surface area contributed by atoms with Crippen LogP contribution in [0.3, 0.4) is 0 Å². The summed E-state index contributed by atoms with van der Waals surface area (Å²) in [4.78, 5) is 17.9. The molecule has 22 heavy (non-hydrogen) atoms. The van der Waals surface area contributed by atoms with Crippen LogP contribution in [0.2, 0.25) is 0 Å². The summed E-state index contributed by atoms with van der Waals surface area (Å²) in [5.74, 6) is 0.585. The largest absolute Gasteiger partial charge is 0.298 e. The number of para-hydroxylation sites is 1. The van der Waals surface area contributed by atoms with Gasteiger partial charge in [-0.15, -0.1) is 11.3 Å². The molecule has 0 saturated heterocycles. The summed E-state index contributed by atoms with van der Waals surface area (Å²) in [7, 11) is 0. The maximum Gasteiger partial charge on any atom is 0.148 e. The van der Waals surface area contributed by atoms with Gasteiger partial charge in [0.25, 0.3) is 0 Å². The highest BCUT2D eigenvalue weighted by molar-refractivity contribution is 7.10. The first-order valence-corrected chi connectivity index (χ1v) is 8.27. The Bertz CT molecular complexity index is 830. The van der Waals surface area contributed by atoms with Crippen LogP contribution < -0.4 is 0 Å². The molecule has 1 spiro atoms. The molecule has 1 aliphatic heterocycles. The van der Waals surface area contributed by atoms with Crippen LogP contribution in [-0.4, -0.2) is 12.0 Å². The predicted octanol–water partition coefficient (Wildman–Crippen LogP) is 4.11. The third-order valence-electron chi connectivity index (χ3n) is 4.80. The monoisotopic (exact) mass is 306 g/mol. The zero-order chi connectivity index (χ0) is 15.2. The number of hydrogen-bond donors (Lipinski definition) is 0. The van der Waals surface area contributed by atoms with Gasteiger partial charge < -0.3 is 0 Å². The Morgan fingerprint density at radius 3 is 3.05 bits per heavy atom. The zero-order valence-electron chi connectivity index (χ0n) is 12.0. The zero-order valence-corrected chi connectivity index (χ0v) is 12.8. The summed E-state index contributed by atoms with van der Waals surface area (Å²) < 4.78 is 0. The van der Waals surface area contributed by atoms with Gasteiger partial charge in [0.2, 0.25) is 0 Å². The molecule has 108 valence electrons. The third kappa shape index (κ3) is 1.86. The predicted molar refractivity (Wildman–Crippen MR) is 86.9 cm³/mol. The number of carbonyl (C=O) groups is 1. The number of fused-ring (bicyclic) bond motifs is 2. The second-order valence-corrected chi connectivity index (χ2v) is 6.88. The summed E-state index contributed by atoms with van der Waals surface area (Å²) >= 11 is 1.48. The van der Waals surface area contributed by atoms with E-state index in [9.17, 15) is 4.79 Å². The van der Waals surface area contributed by atoms with E-state index < -0.39 is 5.41 Å². The molecule has 1 fully saturated rings. The first-order chi connectivity index (χ1) is 10.7. The van der Waals surface area contributed by atoms with Crippen molar-refractivity contribution in [1.29, 1.82) is 5.26 Å². The molecule has 1 aromatic carbocycles. The number of ketones is 1. The SMILES string of the molecule is N#Cc1cc(C2CCC(=O)C3(C=Nc4ccccc43)C2)cs1. The second-order valence-electron chi connectivity index (χ2n) is 5.97. The molecule has 0 amide bonds. The summed E-state index contributed by atoms with van der Waals surface area (Å²) in [5, 5.41) is 11.1. The van der Waals surface area contributed by atoms with Crippen molar-refractivity contribution >= 4 is 29.0 Å². The smallest absolute Gasteiger partial charge is 0.148 e. The van der Waals surface area contributed by atoms with Gasteiger partial charge in [-0.05, 0) is 47.4 Å². The molecule has 3 nitrogen and oxygen atoms in total. The van der Waals surface area contributed by atoms with E-state index in [1.165, 1.54) is 16.9 Å². The molecule has 1 aliphatic carbocycles. The molecule has 2 unspecified atom stereocenters. The van der Waals surface area contributed by atoms with Crippen LogP contribution in [0.25, 0.3) is 0 Å². The van der Waals surface area contributed by atoms with E-state index in [1.807, 2.05) is 36.5 Å². The second kappa shape index (κ2) is 4.89. The lowest BCUT2D eigenvalue weighted by Crippen LogP contribution is -2.40. The molecule has 0 bridgehead atoms. The van der Waals surface area contributed by atoms with Gasteiger partial charge >= 0.3 is 0 Å². The first kappa shape index (κ1) is 13.4. The van der Waals surface area contributed by atoms with Crippen molar-refractivity contribution in [2.45, 2.75) is 30.6 Å². The fourth-order valence-electron chi connectivity index (χ4n) is 3.64. The lowest BCUT2D eigenvalue weighted by atomic mass is 9.65. The standard InChI is InChI=1S/C18H14N2OS/c19-9-14-7-13(10-22-14)12-5-6-17(21)18(8-12)11-20-16-4-2-1-3-15(16)18/h1-4,7,10-12H,5-6,8H2. The number of benzene rings is 1. The minimum atomic E-state index is -0.561. The van der Waals surface area contributed by atoms with Crippen molar-refractivity contribution in [3.05, 3.63) is 51.7 Å². The average Bonchev–Trinajstić information content (AvgIpc) is 3.17. The Kier molecular flexibility index (Phi) is 2.98. The van der Waals surface area contributed by atoms with Crippen molar-refractivity contribution in [2.24, 2.45) is 4.99 Å². The number of carbonyl (C=O) groups excluding carboxylic acids is 1. The molecule has 2 heterocycles. The Morgan fingerprint density at radius 2 is 2.23 bits per heavy atom. The molecule has 1 aromatic heterocycles. The summed E-state index contributed by atoms with van der Waals surface area (Å²) in [6.45, 7) is 0. The number of nitriles is 1. The highest BCUT2D eigenvalue weighted by Crippen LogP contribution is 2.48.